The molecule has 0 saturated carbocycles. The number of thioether (sulfide) groups is 1. The molecule has 1 unspecified atom stereocenters. The molecule has 1 aliphatic heterocycles. The van der Waals surface area contributed by atoms with E-state index in [4.69, 9.17) is 9.47 Å². The van der Waals surface area contributed by atoms with Gasteiger partial charge >= 0.3 is 0 Å². The number of hydrogen-bond donors (Lipinski definition) is 1. The number of benzene rings is 2. The number of methoxy groups -OCH3 is 1. The molecule has 1 aliphatic rings. The largest absolute Gasteiger partial charge is 0.497 e. The van der Waals surface area contributed by atoms with E-state index in [0.717, 1.165) is 5.56 Å². The molecule has 1 aromatic heterocycles. The highest BCUT2D eigenvalue weighted by Gasteiger charge is 2.38. The van der Waals surface area contributed by atoms with Gasteiger partial charge in [0, 0.05) is 5.75 Å². The van der Waals surface area contributed by atoms with Crippen molar-refractivity contribution in [2.75, 3.05) is 29.0 Å². The fourth-order valence-electron chi connectivity index (χ4n) is 3.59. The van der Waals surface area contributed by atoms with Crippen LogP contribution in [-0.4, -0.2) is 50.0 Å². The molecule has 2 aromatic carbocycles. The zero-order valence-electron chi connectivity index (χ0n) is 20.9. The molecule has 0 aliphatic carbocycles. The number of aromatic nitrogens is 2. The van der Waals surface area contributed by atoms with Crippen LogP contribution >= 0.6 is 23.1 Å². The Morgan fingerprint density at radius 3 is 2.65 bits per heavy atom. The van der Waals surface area contributed by atoms with E-state index in [-0.39, 0.29) is 16.9 Å². The lowest BCUT2D eigenvalue weighted by Gasteiger charge is -2.35. The first-order chi connectivity index (χ1) is 17.5. The molecule has 4 rings (SSSR count). The van der Waals surface area contributed by atoms with Crippen LogP contribution in [0.4, 0.5) is 10.8 Å². The van der Waals surface area contributed by atoms with Gasteiger partial charge in [0.25, 0.3) is 15.9 Å². The fraction of sp³-hybridized carbons (Fsp3) is 0.320. The Bertz CT molecular complexity index is 1400. The maximum atomic E-state index is 13.8. The lowest BCUT2D eigenvalue weighted by Crippen LogP contribution is -2.49. The number of ether oxygens (including phenoxy) is 2. The van der Waals surface area contributed by atoms with Gasteiger partial charge in [0.05, 0.1) is 24.2 Å². The van der Waals surface area contributed by atoms with Gasteiger partial charge in [-0.1, -0.05) is 56.0 Å². The highest BCUT2D eigenvalue weighted by Crippen LogP contribution is 2.40. The summed E-state index contributed by atoms with van der Waals surface area (Å²) in [5.41, 5.74) is 1.09. The number of hydrogen-bond acceptors (Lipinski definition) is 9. The summed E-state index contributed by atoms with van der Waals surface area (Å²) >= 11 is 2.67. The minimum absolute atomic E-state index is 0.0782. The SMILES string of the molecule is C=CCSc1nnc(NC(=O)C2CN(S(=O)(=O)c3ccc(OC)cc3)c3cc(C(C)(C)C)ccc3O2)s1. The second-order valence-electron chi connectivity index (χ2n) is 9.21. The van der Waals surface area contributed by atoms with Gasteiger partial charge in [0.1, 0.15) is 11.5 Å². The molecule has 0 bridgehead atoms. The fourth-order valence-corrected chi connectivity index (χ4v) is 6.58. The second-order valence-corrected chi connectivity index (χ2v) is 13.3. The van der Waals surface area contributed by atoms with Crippen molar-refractivity contribution < 1.29 is 22.7 Å². The van der Waals surface area contributed by atoms with Crippen LogP contribution < -0.4 is 19.1 Å². The lowest BCUT2D eigenvalue weighted by molar-refractivity contribution is -0.122. The van der Waals surface area contributed by atoms with Crippen LogP contribution in [0.25, 0.3) is 0 Å². The van der Waals surface area contributed by atoms with Crippen LogP contribution in [0.3, 0.4) is 0 Å². The molecule has 0 spiro atoms. The summed E-state index contributed by atoms with van der Waals surface area (Å²) in [7, 11) is -2.52. The van der Waals surface area contributed by atoms with Gasteiger partial charge in [-0.15, -0.1) is 16.8 Å². The smallest absolute Gasteiger partial charge is 0.269 e. The quantitative estimate of drug-likeness (QED) is 0.239. The van der Waals surface area contributed by atoms with E-state index in [9.17, 15) is 13.2 Å². The minimum atomic E-state index is -4.03. The van der Waals surface area contributed by atoms with Gasteiger partial charge in [-0.25, -0.2) is 8.42 Å². The third-order valence-electron chi connectivity index (χ3n) is 5.60. The molecule has 1 N–H and O–H groups in total. The number of rotatable bonds is 8. The molecule has 1 amide bonds. The molecule has 2 heterocycles. The summed E-state index contributed by atoms with van der Waals surface area (Å²) < 4.78 is 40.7. The second kappa shape index (κ2) is 10.7. The van der Waals surface area contributed by atoms with Crippen molar-refractivity contribution in [3.05, 3.63) is 60.7 Å². The molecule has 12 heteroatoms. The van der Waals surface area contributed by atoms with Crippen molar-refractivity contribution in [3.63, 3.8) is 0 Å². The van der Waals surface area contributed by atoms with Crippen molar-refractivity contribution in [1.29, 1.82) is 0 Å². The average molecular weight is 561 g/mol. The molecule has 196 valence electrons. The third-order valence-corrected chi connectivity index (χ3v) is 9.36. The summed E-state index contributed by atoms with van der Waals surface area (Å²) in [6.45, 7) is 9.59. The van der Waals surface area contributed by atoms with E-state index >= 15 is 0 Å². The summed E-state index contributed by atoms with van der Waals surface area (Å²) in [6.07, 6.45) is 0.648. The Labute approximate surface area is 224 Å². The number of fused-ring (bicyclic) bond motifs is 1. The Morgan fingerprint density at radius 1 is 1.27 bits per heavy atom. The Balaban J connectivity index is 1.67. The van der Waals surface area contributed by atoms with Crippen LogP contribution in [0.2, 0.25) is 0 Å². The zero-order valence-corrected chi connectivity index (χ0v) is 23.4. The Morgan fingerprint density at radius 2 is 2.00 bits per heavy atom. The van der Waals surface area contributed by atoms with E-state index in [0.29, 0.717) is 32.4 Å². The van der Waals surface area contributed by atoms with Crippen LogP contribution in [0.1, 0.15) is 26.3 Å². The van der Waals surface area contributed by atoms with Crippen molar-refractivity contribution in [2.45, 2.75) is 41.5 Å². The van der Waals surface area contributed by atoms with E-state index in [1.165, 1.54) is 46.6 Å². The molecule has 1 atom stereocenters. The molecule has 9 nitrogen and oxygen atoms in total. The van der Waals surface area contributed by atoms with Crippen LogP contribution in [0.15, 0.2) is 64.4 Å². The van der Waals surface area contributed by atoms with Gasteiger partial charge in [-0.3, -0.25) is 14.4 Å². The van der Waals surface area contributed by atoms with Crippen LogP contribution in [-0.2, 0) is 20.2 Å². The maximum Gasteiger partial charge on any atom is 0.269 e. The predicted octanol–water partition coefficient (Wildman–Crippen LogP) is 4.72. The van der Waals surface area contributed by atoms with Crippen molar-refractivity contribution in [2.24, 2.45) is 0 Å². The molecule has 0 radical (unpaired) electrons. The normalized spacial score (nSPS) is 15.5. The molecule has 37 heavy (non-hydrogen) atoms. The third kappa shape index (κ3) is 5.91. The Hall–Kier alpha value is -3.09. The van der Waals surface area contributed by atoms with E-state index in [2.05, 4.69) is 22.1 Å². The van der Waals surface area contributed by atoms with Gasteiger partial charge in [-0.05, 0) is 47.4 Å². The maximum absolute atomic E-state index is 13.8. The Kier molecular flexibility index (Phi) is 7.81. The molecule has 0 fully saturated rings. The standard InChI is InChI=1S/C25H28N4O5S3/c1-6-13-35-24-28-27-23(36-24)26-22(30)21-15-29(37(31,32)18-10-8-17(33-5)9-11-18)19-14-16(25(2,3)4)7-12-20(19)34-21/h6-12,14,21H,1,13,15H2,2-5H3,(H,26,27,30). The first-order valence-electron chi connectivity index (χ1n) is 11.4. The molecular weight excluding hydrogens is 532 g/mol. The number of anilines is 2. The van der Waals surface area contributed by atoms with Gasteiger partial charge in [-0.2, -0.15) is 0 Å². The monoisotopic (exact) mass is 560 g/mol. The number of carbonyl (C=O) groups excluding carboxylic acids is 1. The molecule has 0 saturated heterocycles. The summed E-state index contributed by atoms with van der Waals surface area (Å²) in [4.78, 5) is 13.2. The van der Waals surface area contributed by atoms with Gasteiger partial charge in [0.15, 0.2) is 10.4 Å². The summed E-state index contributed by atoms with van der Waals surface area (Å²) in [6, 6.07) is 11.5. The predicted molar refractivity (Wildman–Crippen MR) is 147 cm³/mol. The topological polar surface area (TPSA) is 111 Å². The molecule has 3 aromatic rings. The number of nitrogens with zero attached hydrogens (tertiary/aromatic N) is 3. The van der Waals surface area contributed by atoms with Crippen molar-refractivity contribution in [3.8, 4) is 11.5 Å². The van der Waals surface area contributed by atoms with Gasteiger partial charge in [0.2, 0.25) is 5.13 Å². The number of carbonyl (C=O) groups is 1. The zero-order chi connectivity index (χ0) is 26.8. The lowest BCUT2D eigenvalue weighted by atomic mass is 9.86. The van der Waals surface area contributed by atoms with E-state index in [1.54, 1.807) is 30.3 Å². The summed E-state index contributed by atoms with van der Waals surface area (Å²) in [5, 5.41) is 11.1. The van der Waals surface area contributed by atoms with Gasteiger partial charge < -0.3 is 9.47 Å². The number of amides is 1. The molecular formula is C25H28N4O5S3. The van der Waals surface area contributed by atoms with E-state index < -0.39 is 22.0 Å². The number of nitrogens with one attached hydrogen (secondary N) is 1. The first-order valence-corrected chi connectivity index (χ1v) is 14.6. The van der Waals surface area contributed by atoms with Crippen molar-refractivity contribution in [1.82, 2.24) is 10.2 Å². The van der Waals surface area contributed by atoms with Crippen LogP contribution in [0, 0.1) is 0 Å². The average Bonchev–Trinajstić information content (AvgIpc) is 3.32. The summed E-state index contributed by atoms with van der Waals surface area (Å²) in [5.74, 6) is 0.990. The number of sulfonamides is 1. The first kappa shape index (κ1) is 27.0. The highest BCUT2D eigenvalue weighted by molar-refractivity contribution is 8.01. The van der Waals surface area contributed by atoms with E-state index in [1.807, 2.05) is 26.8 Å². The van der Waals surface area contributed by atoms with Crippen LogP contribution in [0.5, 0.6) is 11.5 Å². The minimum Gasteiger partial charge on any atom is -0.497 e. The highest BCUT2D eigenvalue weighted by atomic mass is 32.2. The van der Waals surface area contributed by atoms with Crippen molar-refractivity contribution >= 4 is 49.8 Å².